The van der Waals surface area contributed by atoms with Crippen LogP contribution in [0.1, 0.15) is 68.1 Å². The molecular weight excluding hydrogens is 464 g/mol. The molecule has 2 aliphatic carbocycles. The molecule has 0 saturated carbocycles. The Labute approximate surface area is 218 Å². The van der Waals surface area contributed by atoms with Crippen LogP contribution in [0.15, 0.2) is 65.0 Å². The zero-order valence-corrected chi connectivity index (χ0v) is 21.9. The number of ketones is 2. The molecule has 0 radical (unpaired) electrons. The highest BCUT2D eigenvalue weighted by atomic mass is 16.5. The lowest BCUT2D eigenvalue weighted by molar-refractivity contribution is -0.119. The van der Waals surface area contributed by atoms with Crippen LogP contribution in [0.3, 0.4) is 0 Å². The Bertz CT molecular complexity index is 1290. The van der Waals surface area contributed by atoms with Gasteiger partial charge in [-0.25, -0.2) is 0 Å². The molecule has 0 unspecified atom stereocenters. The highest BCUT2D eigenvalue weighted by Crippen LogP contribution is 2.50. The Balaban J connectivity index is 1.49. The Hall–Kier alpha value is -3.67. The summed E-state index contributed by atoms with van der Waals surface area (Å²) in [5, 5.41) is 2.94. The molecule has 0 atom stereocenters. The summed E-state index contributed by atoms with van der Waals surface area (Å²) in [6.45, 7) is 6.63. The van der Waals surface area contributed by atoms with Gasteiger partial charge in [0, 0.05) is 59.1 Å². The normalized spacial score (nSPS) is 18.1. The molecule has 1 N–H and O–H groups in total. The monoisotopic (exact) mass is 498 g/mol. The molecule has 1 amide bonds. The van der Waals surface area contributed by atoms with Gasteiger partial charge in [0.1, 0.15) is 5.75 Å². The van der Waals surface area contributed by atoms with Crippen molar-refractivity contribution >= 4 is 23.2 Å². The lowest BCUT2D eigenvalue weighted by Crippen LogP contribution is -2.39. The quantitative estimate of drug-likeness (QED) is 0.549. The van der Waals surface area contributed by atoms with E-state index in [0.29, 0.717) is 18.6 Å². The molecule has 0 aromatic heterocycles. The van der Waals surface area contributed by atoms with Crippen LogP contribution in [-0.4, -0.2) is 35.5 Å². The van der Waals surface area contributed by atoms with Gasteiger partial charge < -0.3 is 15.0 Å². The Kier molecular flexibility index (Phi) is 7.00. The largest absolute Gasteiger partial charge is 0.483 e. The first-order valence-corrected chi connectivity index (χ1v) is 13.3. The minimum Gasteiger partial charge on any atom is -0.483 e. The topological polar surface area (TPSA) is 75.7 Å². The second kappa shape index (κ2) is 10.4. The molecule has 6 nitrogen and oxygen atoms in total. The predicted molar refractivity (Wildman–Crippen MR) is 143 cm³/mol. The second-order valence-corrected chi connectivity index (χ2v) is 10.1. The van der Waals surface area contributed by atoms with E-state index in [1.807, 2.05) is 56.3 Å². The van der Waals surface area contributed by atoms with E-state index in [0.717, 1.165) is 77.1 Å². The van der Waals surface area contributed by atoms with E-state index in [4.69, 9.17) is 4.74 Å². The molecule has 0 spiro atoms. The van der Waals surface area contributed by atoms with Crippen molar-refractivity contribution in [1.82, 2.24) is 4.90 Å². The van der Waals surface area contributed by atoms with Crippen molar-refractivity contribution in [3.8, 4) is 5.75 Å². The maximum atomic E-state index is 13.4. The molecule has 5 rings (SSSR count). The van der Waals surface area contributed by atoms with Crippen LogP contribution in [-0.2, 0) is 14.4 Å². The fourth-order valence-corrected chi connectivity index (χ4v) is 5.98. The summed E-state index contributed by atoms with van der Waals surface area (Å²) in [5.41, 5.74) is 7.24. The van der Waals surface area contributed by atoms with Crippen LogP contribution < -0.4 is 10.1 Å². The maximum absolute atomic E-state index is 13.4. The molecule has 0 saturated heterocycles. The van der Waals surface area contributed by atoms with Gasteiger partial charge in [-0.2, -0.15) is 0 Å². The Morgan fingerprint density at radius 1 is 0.919 bits per heavy atom. The number of benzene rings is 2. The number of hydrogen-bond donors (Lipinski definition) is 1. The van der Waals surface area contributed by atoms with E-state index in [1.54, 1.807) is 0 Å². The first kappa shape index (κ1) is 25.0. The third kappa shape index (κ3) is 4.61. The summed E-state index contributed by atoms with van der Waals surface area (Å²) in [5.74, 6) is 0.0384. The van der Waals surface area contributed by atoms with E-state index < -0.39 is 5.92 Å². The third-order valence-electron chi connectivity index (χ3n) is 7.87. The number of hydrogen-bond acceptors (Lipinski definition) is 5. The van der Waals surface area contributed by atoms with Crippen molar-refractivity contribution in [2.75, 3.05) is 18.5 Å². The molecule has 2 aromatic carbocycles. The number of nitrogens with one attached hydrogen (secondary N) is 1. The average Bonchev–Trinajstić information content (AvgIpc) is 2.89. The fraction of sp³-hybridized carbons (Fsp3) is 0.387. The summed E-state index contributed by atoms with van der Waals surface area (Å²) >= 11 is 0. The standard InChI is InChI=1S/C31H34N2O4/c1-4-33-23-13-8-15-25(34)30(23)29(31-24(33)14-9-16-26(31)35)21-11-5-6-17-27(21)37-18-28(36)32-22-12-7-10-19(2)20(22)3/h5-7,10-12,17,29H,4,8-9,13-16,18H2,1-3H3,(H,32,36). The number of aryl methyl sites for hydroxylation is 1. The lowest BCUT2D eigenvalue weighted by Gasteiger charge is -2.43. The van der Waals surface area contributed by atoms with E-state index in [9.17, 15) is 14.4 Å². The van der Waals surface area contributed by atoms with Crippen molar-refractivity contribution in [2.45, 2.75) is 65.2 Å². The number of rotatable bonds is 6. The van der Waals surface area contributed by atoms with Crippen molar-refractivity contribution in [3.05, 3.63) is 81.7 Å². The van der Waals surface area contributed by atoms with Gasteiger partial charge in [0.2, 0.25) is 0 Å². The number of ether oxygens (including phenoxy) is 1. The molecule has 0 fully saturated rings. The van der Waals surface area contributed by atoms with E-state index in [-0.39, 0.29) is 24.1 Å². The molecule has 2 aromatic rings. The number of para-hydroxylation sites is 1. The summed E-state index contributed by atoms with van der Waals surface area (Å²) in [7, 11) is 0. The van der Waals surface area contributed by atoms with Crippen molar-refractivity contribution in [3.63, 3.8) is 0 Å². The maximum Gasteiger partial charge on any atom is 0.262 e. The summed E-state index contributed by atoms with van der Waals surface area (Å²) in [4.78, 5) is 41.8. The molecule has 37 heavy (non-hydrogen) atoms. The van der Waals surface area contributed by atoms with Gasteiger partial charge in [0.25, 0.3) is 5.91 Å². The molecule has 192 valence electrons. The van der Waals surface area contributed by atoms with Crippen LogP contribution in [0.2, 0.25) is 0 Å². The van der Waals surface area contributed by atoms with Gasteiger partial charge >= 0.3 is 0 Å². The molecular formula is C31H34N2O4. The molecule has 6 heteroatoms. The Morgan fingerprint density at radius 3 is 2.22 bits per heavy atom. The SMILES string of the molecule is CCN1C2=C(C(=O)CCC2)C(c2ccccc2OCC(=O)Nc2cccc(C)c2C)C2=C1CCCC2=O. The minimum absolute atomic E-state index is 0.108. The number of anilines is 1. The number of nitrogens with zero attached hydrogens (tertiary/aromatic N) is 1. The van der Waals surface area contributed by atoms with Crippen molar-refractivity contribution < 1.29 is 19.1 Å². The van der Waals surface area contributed by atoms with Crippen LogP contribution >= 0.6 is 0 Å². The highest BCUT2D eigenvalue weighted by Gasteiger charge is 2.43. The van der Waals surface area contributed by atoms with Crippen molar-refractivity contribution in [2.24, 2.45) is 0 Å². The number of allylic oxidation sites excluding steroid dienone is 4. The predicted octanol–water partition coefficient (Wildman–Crippen LogP) is 5.75. The molecule has 0 bridgehead atoms. The van der Waals surface area contributed by atoms with Crippen LogP contribution in [0.4, 0.5) is 5.69 Å². The summed E-state index contributed by atoms with van der Waals surface area (Å²) in [6, 6.07) is 13.3. The van der Waals surface area contributed by atoms with Crippen molar-refractivity contribution in [1.29, 1.82) is 0 Å². The van der Waals surface area contributed by atoms with Gasteiger partial charge in [-0.1, -0.05) is 30.3 Å². The van der Waals surface area contributed by atoms with Gasteiger partial charge in [0.15, 0.2) is 18.2 Å². The number of amides is 1. The zero-order valence-electron chi connectivity index (χ0n) is 21.9. The molecule has 1 aliphatic heterocycles. The minimum atomic E-state index is -0.452. The molecule has 1 heterocycles. The second-order valence-electron chi connectivity index (χ2n) is 10.1. The smallest absolute Gasteiger partial charge is 0.262 e. The van der Waals surface area contributed by atoms with Gasteiger partial charge in [-0.15, -0.1) is 0 Å². The van der Waals surface area contributed by atoms with Gasteiger partial charge in [-0.05, 0) is 69.7 Å². The first-order valence-electron chi connectivity index (χ1n) is 13.3. The van der Waals surface area contributed by atoms with Crippen LogP contribution in [0.25, 0.3) is 0 Å². The van der Waals surface area contributed by atoms with Gasteiger partial charge in [0.05, 0.1) is 0 Å². The lowest BCUT2D eigenvalue weighted by atomic mass is 9.70. The average molecular weight is 499 g/mol. The first-order chi connectivity index (χ1) is 17.9. The third-order valence-corrected chi connectivity index (χ3v) is 7.87. The molecule has 3 aliphatic rings. The summed E-state index contributed by atoms with van der Waals surface area (Å²) in [6.07, 6.45) is 4.30. The van der Waals surface area contributed by atoms with E-state index >= 15 is 0 Å². The Morgan fingerprint density at radius 2 is 1.57 bits per heavy atom. The van der Waals surface area contributed by atoms with Crippen LogP contribution in [0.5, 0.6) is 5.75 Å². The fourth-order valence-electron chi connectivity index (χ4n) is 5.98. The highest BCUT2D eigenvalue weighted by molar-refractivity contribution is 6.06. The number of Topliss-reactive ketones (excluding diaryl/α,β-unsaturated/α-hetero) is 2. The zero-order chi connectivity index (χ0) is 26.1. The number of carbonyl (C=O) groups is 3. The summed E-state index contributed by atoms with van der Waals surface area (Å²) < 4.78 is 6.08. The van der Waals surface area contributed by atoms with Gasteiger partial charge in [-0.3, -0.25) is 14.4 Å². The van der Waals surface area contributed by atoms with Crippen LogP contribution in [0, 0.1) is 13.8 Å². The van der Waals surface area contributed by atoms with E-state index in [2.05, 4.69) is 17.1 Å². The van der Waals surface area contributed by atoms with E-state index in [1.165, 1.54) is 0 Å². The number of carbonyl (C=O) groups excluding carboxylic acids is 3.